The number of esters is 1. The molecule has 22 heavy (non-hydrogen) atoms. The van der Waals surface area contributed by atoms with E-state index in [-0.39, 0.29) is 16.8 Å². The first-order valence-electron chi connectivity index (χ1n) is 8.80. The number of hydrogen-bond donors (Lipinski definition) is 0. The van der Waals surface area contributed by atoms with Crippen molar-refractivity contribution in [2.45, 2.75) is 74.1 Å². The smallest absolute Gasteiger partial charge is 0.312 e. The Bertz CT molecular complexity index is 345. The largest absolute Gasteiger partial charge is 0.464 e. The van der Waals surface area contributed by atoms with Gasteiger partial charge in [0.25, 0.3) is 0 Å². The number of likely N-dealkylation sites (N-methyl/N-ethyl adjacent to an activating group) is 1. The Balaban J connectivity index is 5.37. The van der Waals surface area contributed by atoms with Gasteiger partial charge in [-0.2, -0.15) is 0 Å². The molecule has 0 amide bonds. The zero-order valence-electron chi connectivity index (χ0n) is 16.5. The molecule has 0 heterocycles. The molecule has 1 unspecified atom stereocenters. The molecule has 132 valence electrons. The van der Waals surface area contributed by atoms with E-state index in [1.165, 1.54) is 0 Å². The fourth-order valence-electron chi connectivity index (χ4n) is 3.12. The molecule has 3 heteroatoms. The van der Waals surface area contributed by atoms with Crippen molar-refractivity contribution in [1.82, 2.24) is 4.90 Å². The van der Waals surface area contributed by atoms with Gasteiger partial charge in [-0.05, 0) is 51.1 Å². The third-order valence-corrected chi connectivity index (χ3v) is 5.90. The number of ether oxygens (including phenoxy) is 1. The van der Waals surface area contributed by atoms with Crippen molar-refractivity contribution in [2.24, 2.45) is 16.2 Å². The van der Waals surface area contributed by atoms with Gasteiger partial charge in [-0.1, -0.05) is 48.0 Å². The molecule has 0 rings (SSSR count). The molecular formula is C19H39NO2. The Morgan fingerprint density at radius 1 is 0.955 bits per heavy atom. The average molecular weight is 314 g/mol. The summed E-state index contributed by atoms with van der Waals surface area (Å²) >= 11 is 0. The second kappa shape index (κ2) is 8.33. The maximum absolute atomic E-state index is 13.0. The van der Waals surface area contributed by atoms with E-state index in [0.29, 0.717) is 6.61 Å². The second-order valence-electron chi connectivity index (χ2n) is 8.23. The molecule has 0 spiro atoms. The summed E-state index contributed by atoms with van der Waals surface area (Å²) < 4.78 is 5.68. The lowest BCUT2D eigenvalue weighted by Crippen LogP contribution is -2.47. The van der Waals surface area contributed by atoms with Gasteiger partial charge >= 0.3 is 5.97 Å². The molecule has 0 aliphatic rings. The van der Waals surface area contributed by atoms with Crippen LogP contribution in [0.1, 0.15) is 74.1 Å². The molecule has 0 bridgehead atoms. The summed E-state index contributed by atoms with van der Waals surface area (Å²) in [4.78, 5) is 15.0. The first-order chi connectivity index (χ1) is 9.98. The van der Waals surface area contributed by atoms with Crippen LogP contribution in [0.4, 0.5) is 0 Å². The normalized spacial score (nSPS) is 15.7. The molecule has 0 fully saturated rings. The molecule has 0 aliphatic heterocycles. The van der Waals surface area contributed by atoms with Gasteiger partial charge in [0, 0.05) is 6.54 Å². The molecule has 0 aliphatic carbocycles. The first-order valence-corrected chi connectivity index (χ1v) is 8.80. The SMILES string of the molecule is CCC(C)(C)CC(C)(C(=O)OCCN(C)C)C(C)(CC)CC. The van der Waals surface area contributed by atoms with Crippen molar-refractivity contribution < 1.29 is 9.53 Å². The van der Waals surface area contributed by atoms with Crippen LogP contribution in [-0.2, 0) is 9.53 Å². The summed E-state index contributed by atoms with van der Waals surface area (Å²) in [6.07, 6.45) is 3.91. The third kappa shape index (κ3) is 5.26. The van der Waals surface area contributed by atoms with Crippen molar-refractivity contribution in [3.63, 3.8) is 0 Å². The summed E-state index contributed by atoms with van der Waals surface area (Å²) in [5.41, 5.74) is -0.335. The van der Waals surface area contributed by atoms with Crippen LogP contribution < -0.4 is 0 Å². The van der Waals surface area contributed by atoms with Gasteiger partial charge in [0.15, 0.2) is 0 Å². The molecule has 0 N–H and O–H groups in total. The molecular weight excluding hydrogens is 274 g/mol. The molecule has 0 aromatic heterocycles. The maximum atomic E-state index is 13.0. The van der Waals surface area contributed by atoms with Gasteiger partial charge in [-0.25, -0.2) is 0 Å². The van der Waals surface area contributed by atoms with E-state index >= 15 is 0 Å². The van der Waals surface area contributed by atoms with Gasteiger partial charge in [-0.3, -0.25) is 4.79 Å². The van der Waals surface area contributed by atoms with Crippen molar-refractivity contribution >= 4 is 5.97 Å². The highest BCUT2D eigenvalue weighted by molar-refractivity contribution is 5.77. The summed E-state index contributed by atoms with van der Waals surface area (Å²) in [6, 6.07) is 0. The van der Waals surface area contributed by atoms with Gasteiger partial charge in [0.1, 0.15) is 6.61 Å². The Kier molecular flexibility index (Phi) is 8.11. The van der Waals surface area contributed by atoms with Crippen molar-refractivity contribution in [1.29, 1.82) is 0 Å². The Morgan fingerprint density at radius 3 is 1.82 bits per heavy atom. The number of hydrogen-bond acceptors (Lipinski definition) is 3. The minimum Gasteiger partial charge on any atom is -0.464 e. The van der Waals surface area contributed by atoms with Crippen LogP contribution >= 0.6 is 0 Å². The van der Waals surface area contributed by atoms with Crippen molar-refractivity contribution in [3.05, 3.63) is 0 Å². The number of rotatable bonds is 10. The van der Waals surface area contributed by atoms with E-state index in [4.69, 9.17) is 4.74 Å². The zero-order valence-corrected chi connectivity index (χ0v) is 16.5. The van der Waals surface area contributed by atoms with Gasteiger partial charge < -0.3 is 9.64 Å². The highest BCUT2D eigenvalue weighted by Crippen LogP contribution is 2.52. The molecule has 0 aromatic carbocycles. The maximum Gasteiger partial charge on any atom is 0.312 e. The quantitative estimate of drug-likeness (QED) is 0.545. The minimum atomic E-state index is -0.442. The van der Waals surface area contributed by atoms with Crippen molar-refractivity contribution in [2.75, 3.05) is 27.2 Å². The monoisotopic (exact) mass is 313 g/mol. The average Bonchev–Trinajstić information content (AvgIpc) is 2.45. The molecule has 0 saturated heterocycles. The molecule has 1 atom stereocenters. The van der Waals surface area contributed by atoms with Crippen LogP contribution in [0.25, 0.3) is 0 Å². The fraction of sp³-hybridized carbons (Fsp3) is 0.947. The molecule has 3 nitrogen and oxygen atoms in total. The third-order valence-electron chi connectivity index (χ3n) is 5.90. The van der Waals surface area contributed by atoms with E-state index in [1.54, 1.807) is 0 Å². The lowest BCUT2D eigenvalue weighted by atomic mass is 9.57. The number of carbonyl (C=O) groups excluding carboxylic acids is 1. The fourth-order valence-corrected chi connectivity index (χ4v) is 3.12. The van der Waals surface area contributed by atoms with Gasteiger partial charge in [0.05, 0.1) is 5.41 Å². The topological polar surface area (TPSA) is 29.5 Å². The lowest BCUT2D eigenvalue weighted by Gasteiger charge is -2.47. The van der Waals surface area contributed by atoms with Gasteiger partial charge in [-0.15, -0.1) is 0 Å². The molecule has 0 saturated carbocycles. The zero-order chi connectivity index (χ0) is 17.6. The second-order valence-corrected chi connectivity index (χ2v) is 8.23. The van der Waals surface area contributed by atoms with E-state index in [9.17, 15) is 4.79 Å². The minimum absolute atomic E-state index is 0.0259. The first kappa shape index (κ1) is 21.4. The van der Waals surface area contributed by atoms with Crippen LogP contribution in [0.2, 0.25) is 0 Å². The Hall–Kier alpha value is -0.570. The van der Waals surface area contributed by atoms with E-state index in [2.05, 4.69) is 48.5 Å². The van der Waals surface area contributed by atoms with Gasteiger partial charge in [0.2, 0.25) is 0 Å². The van der Waals surface area contributed by atoms with E-state index in [0.717, 1.165) is 32.2 Å². The van der Waals surface area contributed by atoms with Crippen LogP contribution in [0.5, 0.6) is 0 Å². The lowest BCUT2D eigenvalue weighted by molar-refractivity contribution is -0.168. The van der Waals surface area contributed by atoms with Crippen LogP contribution in [0, 0.1) is 16.2 Å². The Morgan fingerprint density at radius 2 is 1.45 bits per heavy atom. The summed E-state index contributed by atoms with van der Waals surface area (Å²) in [5.74, 6) is -0.0259. The highest BCUT2D eigenvalue weighted by atomic mass is 16.5. The Labute approximate surface area is 138 Å². The van der Waals surface area contributed by atoms with Crippen molar-refractivity contribution in [3.8, 4) is 0 Å². The predicted octanol–water partition coefficient (Wildman–Crippen LogP) is 4.75. The molecule has 0 aromatic rings. The van der Waals surface area contributed by atoms with E-state index in [1.807, 2.05) is 19.0 Å². The molecule has 0 radical (unpaired) electrons. The number of nitrogens with zero attached hydrogens (tertiary/aromatic N) is 1. The van der Waals surface area contributed by atoms with E-state index < -0.39 is 5.41 Å². The predicted molar refractivity (Wildman–Crippen MR) is 95.0 cm³/mol. The van der Waals surface area contributed by atoms with Crippen LogP contribution in [-0.4, -0.2) is 38.1 Å². The summed E-state index contributed by atoms with van der Waals surface area (Å²) in [7, 11) is 3.99. The number of carbonyl (C=O) groups is 1. The van der Waals surface area contributed by atoms with Crippen LogP contribution in [0.3, 0.4) is 0 Å². The summed E-state index contributed by atoms with van der Waals surface area (Å²) in [5, 5.41) is 0. The standard InChI is InChI=1S/C19H39NO2/c1-10-17(4,5)15-19(7,18(6,11-2)12-3)16(21)22-14-13-20(8)9/h10-15H2,1-9H3. The summed E-state index contributed by atoms with van der Waals surface area (Å²) in [6.45, 7) is 16.7. The highest BCUT2D eigenvalue weighted by Gasteiger charge is 2.51. The van der Waals surface area contributed by atoms with Crippen LogP contribution in [0.15, 0.2) is 0 Å².